The third-order valence-electron chi connectivity index (χ3n) is 4.05. The zero-order valence-corrected chi connectivity index (χ0v) is 13.2. The van der Waals surface area contributed by atoms with E-state index in [1.54, 1.807) is 0 Å². The largest absolute Gasteiger partial charge is 0.480 e. The molecule has 0 amide bonds. The van der Waals surface area contributed by atoms with E-state index in [1.165, 1.54) is 0 Å². The number of halogens is 1. The second-order valence-electron chi connectivity index (χ2n) is 6.01. The molecule has 0 aliphatic heterocycles. The molecule has 112 valence electrons. The highest BCUT2D eigenvalue weighted by molar-refractivity contribution is 6.31. The fraction of sp³-hybridized carbons (Fsp3) is 0.714. The highest BCUT2D eigenvalue weighted by Crippen LogP contribution is 2.39. The normalized spacial score (nSPS) is 26.4. The second-order valence-corrected chi connectivity index (χ2v) is 6.39. The van der Waals surface area contributed by atoms with Crippen molar-refractivity contribution in [1.29, 1.82) is 0 Å². The van der Waals surface area contributed by atoms with Gasteiger partial charge in [-0.1, -0.05) is 11.6 Å². The molecule has 5 nitrogen and oxygen atoms in total. The van der Waals surface area contributed by atoms with Crippen LogP contribution in [0.25, 0.3) is 0 Å². The van der Waals surface area contributed by atoms with E-state index in [4.69, 9.17) is 11.6 Å². The lowest BCUT2D eigenvalue weighted by Gasteiger charge is -2.28. The molecule has 2 unspecified atom stereocenters. The first-order chi connectivity index (χ1) is 9.27. The van der Waals surface area contributed by atoms with Crippen molar-refractivity contribution in [2.24, 2.45) is 0 Å². The van der Waals surface area contributed by atoms with E-state index in [1.807, 2.05) is 32.4 Å². The molecule has 0 bridgehead atoms. The van der Waals surface area contributed by atoms with Crippen LogP contribution < -0.4 is 5.32 Å². The van der Waals surface area contributed by atoms with Gasteiger partial charge in [0.05, 0.1) is 22.5 Å². The summed E-state index contributed by atoms with van der Waals surface area (Å²) in [4.78, 5) is 11.7. The van der Waals surface area contributed by atoms with Crippen LogP contribution in [0.3, 0.4) is 0 Å². The zero-order valence-electron chi connectivity index (χ0n) is 12.4. The fourth-order valence-electron chi connectivity index (χ4n) is 3.17. The topological polar surface area (TPSA) is 67.2 Å². The van der Waals surface area contributed by atoms with Crippen LogP contribution in [-0.2, 0) is 4.79 Å². The highest BCUT2D eigenvalue weighted by Gasteiger charge is 2.46. The van der Waals surface area contributed by atoms with Crippen LogP contribution in [0.15, 0.2) is 0 Å². The first-order valence-corrected chi connectivity index (χ1v) is 7.37. The maximum absolute atomic E-state index is 11.7. The molecule has 0 aromatic carbocycles. The Bertz CT molecular complexity index is 527. The molecule has 2 N–H and O–H groups in total. The minimum atomic E-state index is -0.850. The number of nitrogens with zero attached hydrogens (tertiary/aromatic N) is 2. The van der Waals surface area contributed by atoms with Crippen molar-refractivity contribution >= 4 is 17.6 Å². The summed E-state index contributed by atoms with van der Waals surface area (Å²) in [7, 11) is 0. The van der Waals surface area contributed by atoms with Gasteiger partial charge in [-0.3, -0.25) is 14.8 Å². The molecule has 0 spiro atoms. The summed E-state index contributed by atoms with van der Waals surface area (Å²) in [6, 6.07) is 0.220. The van der Waals surface area contributed by atoms with Crippen molar-refractivity contribution in [3.63, 3.8) is 0 Å². The van der Waals surface area contributed by atoms with Gasteiger partial charge in [0.15, 0.2) is 0 Å². The standard InChI is InChI=1S/C14H22ClN3O2/c1-8(2)16-14(13(19)20)6-5-11(7-14)18-10(4)12(15)9(3)17-18/h8,11,16H,5-7H2,1-4H3,(H,19,20). The minimum absolute atomic E-state index is 0.0866. The summed E-state index contributed by atoms with van der Waals surface area (Å²) in [5, 5.41) is 17.9. The van der Waals surface area contributed by atoms with Crippen LogP contribution in [0.1, 0.15) is 50.5 Å². The molecule has 1 aromatic rings. The molecule has 0 radical (unpaired) electrons. The smallest absolute Gasteiger partial charge is 0.323 e. The fourth-order valence-corrected chi connectivity index (χ4v) is 3.29. The molecule has 1 saturated carbocycles. The monoisotopic (exact) mass is 299 g/mol. The molecule has 20 heavy (non-hydrogen) atoms. The predicted octanol–water partition coefficient (Wildman–Crippen LogP) is 2.70. The lowest BCUT2D eigenvalue weighted by Crippen LogP contribution is -2.53. The van der Waals surface area contributed by atoms with Crippen LogP contribution in [0.4, 0.5) is 0 Å². The van der Waals surface area contributed by atoms with E-state index >= 15 is 0 Å². The van der Waals surface area contributed by atoms with Crippen molar-refractivity contribution in [2.45, 2.75) is 64.6 Å². The lowest BCUT2D eigenvalue weighted by atomic mass is 9.96. The molecular weight excluding hydrogens is 278 g/mol. The van der Waals surface area contributed by atoms with Gasteiger partial charge in [-0.05, 0) is 47.0 Å². The Morgan fingerprint density at radius 2 is 2.20 bits per heavy atom. The van der Waals surface area contributed by atoms with Crippen molar-refractivity contribution in [3.05, 3.63) is 16.4 Å². The summed E-state index contributed by atoms with van der Waals surface area (Å²) in [5.74, 6) is -0.777. The summed E-state index contributed by atoms with van der Waals surface area (Å²) in [6.45, 7) is 7.74. The first-order valence-electron chi connectivity index (χ1n) is 6.99. The summed E-state index contributed by atoms with van der Waals surface area (Å²) >= 11 is 6.18. The minimum Gasteiger partial charge on any atom is -0.480 e. The molecule has 1 fully saturated rings. The van der Waals surface area contributed by atoms with Crippen LogP contribution >= 0.6 is 11.6 Å². The molecular formula is C14H22ClN3O2. The van der Waals surface area contributed by atoms with Gasteiger partial charge in [0.1, 0.15) is 5.54 Å². The van der Waals surface area contributed by atoms with Crippen LogP contribution in [0.5, 0.6) is 0 Å². The second kappa shape index (κ2) is 5.37. The van der Waals surface area contributed by atoms with Gasteiger partial charge in [0, 0.05) is 6.04 Å². The van der Waals surface area contributed by atoms with Gasteiger partial charge >= 0.3 is 5.97 Å². The van der Waals surface area contributed by atoms with Crippen molar-refractivity contribution in [3.8, 4) is 0 Å². The number of carbonyl (C=O) groups is 1. The molecule has 0 saturated heterocycles. The number of hydrogen-bond acceptors (Lipinski definition) is 3. The van der Waals surface area contributed by atoms with E-state index in [9.17, 15) is 9.90 Å². The molecule has 1 aromatic heterocycles. The molecule has 1 aliphatic rings. The molecule has 2 rings (SSSR count). The number of aromatic nitrogens is 2. The Labute approximate surface area is 124 Å². The molecule has 6 heteroatoms. The number of rotatable bonds is 4. The highest BCUT2D eigenvalue weighted by atomic mass is 35.5. The van der Waals surface area contributed by atoms with E-state index in [2.05, 4.69) is 10.4 Å². The summed E-state index contributed by atoms with van der Waals surface area (Å²) in [5.41, 5.74) is 0.867. The zero-order chi connectivity index (χ0) is 15.1. The van der Waals surface area contributed by atoms with Crippen molar-refractivity contribution in [1.82, 2.24) is 15.1 Å². The lowest BCUT2D eigenvalue weighted by molar-refractivity contribution is -0.145. The van der Waals surface area contributed by atoms with Gasteiger partial charge in [0.2, 0.25) is 0 Å². The van der Waals surface area contributed by atoms with Gasteiger partial charge in [-0.2, -0.15) is 5.10 Å². The van der Waals surface area contributed by atoms with Gasteiger partial charge < -0.3 is 5.11 Å². The van der Waals surface area contributed by atoms with Crippen LogP contribution in [0, 0.1) is 13.8 Å². The van der Waals surface area contributed by atoms with E-state index in [0.717, 1.165) is 17.8 Å². The average Bonchev–Trinajstić information content (AvgIpc) is 2.87. The van der Waals surface area contributed by atoms with Crippen LogP contribution in [-0.4, -0.2) is 32.4 Å². The van der Waals surface area contributed by atoms with Gasteiger partial charge in [0.25, 0.3) is 0 Å². The molecule has 1 aliphatic carbocycles. The maximum atomic E-state index is 11.7. The quantitative estimate of drug-likeness (QED) is 0.897. The first kappa shape index (κ1) is 15.3. The maximum Gasteiger partial charge on any atom is 0.323 e. The SMILES string of the molecule is Cc1nn(C2CCC(NC(C)C)(C(=O)O)C2)c(C)c1Cl. The number of nitrogens with one attached hydrogen (secondary N) is 1. The van der Waals surface area contributed by atoms with Gasteiger partial charge in [-0.15, -0.1) is 0 Å². The predicted molar refractivity (Wildman–Crippen MR) is 78.2 cm³/mol. The Morgan fingerprint density at radius 3 is 2.65 bits per heavy atom. The van der Waals surface area contributed by atoms with Crippen molar-refractivity contribution < 1.29 is 9.90 Å². The Hall–Kier alpha value is -1.07. The van der Waals surface area contributed by atoms with Gasteiger partial charge in [-0.25, -0.2) is 0 Å². The third-order valence-corrected chi connectivity index (χ3v) is 4.59. The molecule has 2 atom stereocenters. The average molecular weight is 300 g/mol. The van der Waals surface area contributed by atoms with Crippen LogP contribution in [0.2, 0.25) is 5.02 Å². The summed E-state index contributed by atoms with van der Waals surface area (Å²) < 4.78 is 1.89. The Kier molecular flexibility index (Phi) is 4.12. The van der Waals surface area contributed by atoms with E-state index < -0.39 is 11.5 Å². The summed E-state index contributed by atoms with van der Waals surface area (Å²) in [6.07, 6.45) is 1.95. The Balaban J connectivity index is 2.26. The van der Waals surface area contributed by atoms with Crippen molar-refractivity contribution in [2.75, 3.05) is 0 Å². The number of aryl methyl sites for hydroxylation is 1. The number of aliphatic carboxylic acids is 1. The molecule has 1 heterocycles. The number of carboxylic acid groups (broad SMARTS) is 1. The van der Waals surface area contributed by atoms with E-state index in [0.29, 0.717) is 17.9 Å². The number of hydrogen-bond donors (Lipinski definition) is 2. The third kappa shape index (κ3) is 2.56. The van der Waals surface area contributed by atoms with E-state index in [-0.39, 0.29) is 12.1 Å². The number of carboxylic acids is 1. The Morgan fingerprint density at radius 1 is 1.55 bits per heavy atom.